The van der Waals surface area contributed by atoms with Gasteiger partial charge in [-0.15, -0.1) is 0 Å². The molecule has 0 atom stereocenters. The van der Waals surface area contributed by atoms with Crippen LogP contribution in [0.1, 0.15) is 30.5 Å². The van der Waals surface area contributed by atoms with Crippen molar-refractivity contribution in [2.45, 2.75) is 34.6 Å². The maximum absolute atomic E-state index is 3.17. The first-order chi connectivity index (χ1) is 5.20. The summed E-state index contributed by atoms with van der Waals surface area (Å²) >= 11 is 0. The van der Waals surface area contributed by atoms with E-state index in [1.807, 2.05) is 19.9 Å². The van der Waals surface area contributed by atoms with Crippen molar-refractivity contribution in [3.63, 3.8) is 0 Å². The summed E-state index contributed by atoms with van der Waals surface area (Å²) < 4.78 is 0. The quantitative estimate of drug-likeness (QED) is 0.572. The summed E-state index contributed by atoms with van der Waals surface area (Å²) in [5, 5.41) is 0. The van der Waals surface area contributed by atoms with Gasteiger partial charge in [0.05, 0.1) is 0 Å². The zero-order valence-corrected chi connectivity index (χ0v) is 14.1. The summed E-state index contributed by atoms with van der Waals surface area (Å²) in [7, 11) is 0. The zero-order chi connectivity index (χ0) is 8.85. The monoisotopic (exact) mass is 234 g/mol. The number of hydrogen-bond donors (Lipinski definition) is 0. The van der Waals surface area contributed by atoms with Crippen molar-refractivity contribution < 1.29 is 58.2 Å². The standard InChI is InChI=1S/C9H11.C2H6.Rb/c1-7-4-5-8(2)9(3)6-7;1-2;/h4,6H,1-3H3;1-2H3;/q-1;;+1. The van der Waals surface area contributed by atoms with Gasteiger partial charge in [-0.2, -0.15) is 34.9 Å². The minimum absolute atomic E-state index is 0. The number of benzene rings is 1. The molecule has 0 saturated heterocycles. The first-order valence-corrected chi connectivity index (χ1v) is 4.15. The van der Waals surface area contributed by atoms with Gasteiger partial charge in [-0.25, -0.2) is 0 Å². The molecule has 0 aliphatic heterocycles. The summed E-state index contributed by atoms with van der Waals surface area (Å²) in [5.74, 6) is 0. The largest absolute Gasteiger partial charge is 1.00 e. The molecular weight excluding hydrogens is 218 g/mol. The van der Waals surface area contributed by atoms with Crippen LogP contribution < -0.4 is 58.2 Å². The van der Waals surface area contributed by atoms with Gasteiger partial charge in [0.25, 0.3) is 0 Å². The van der Waals surface area contributed by atoms with Crippen molar-refractivity contribution >= 4 is 0 Å². The van der Waals surface area contributed by atoms with Crippen molar-refractivity contribution in [1.82, 2.24) is 0 Å². The van der Waals surface area contributed by atoms with Crippen LogP contribution >= 0.6 is 0 Å². The van der Waals surface area contributed by atoms with Gasteiger partial charge in [0.1, 0.15) is 0 Å². The van der Waals surface area contributed by atoms with Crippen molar-refractivity contribution in [3.8, 4) is 0 Å². The summed E-state index contributed by atoms with van der Waals surface area (Å²) in [5.41, 5.74) is 3.87. The summed E-state index contributed by atoms with van der Waals surface area (Å²) in [6.45, 7) is 10.3. The Labute approximate surface area is 126 Å². The first kappa shape index (κ1) is 15.5. The van der Waals surface area contributed by atoms with E-state index in [1.165, 1.54) is 16.7 Å². The minimum Gasteiger partial charge on any atom is -0.180 e. The molecule has 0 amide bonds. The Morgan fingerprint density at radius 1 is 1.08 bits per heavy atom. The van der Waals surface area contributed by atoms with E-state index in [9.17, 15) is 0 Å². The zero-order valence-electron chi connectivity index (χ0n) is 9.15. The van der Waals surface area contributed by atoms with Crippen LogP contribution in [0.2, 0.25) is 0 Å². The SMILES string of the molecule is CC.Cc1c[c-]c(C)c(C)c1.[Rb+]. The summed E-state index contributed by atoms with van der Waals surface area (Å²) in [4.78, 5) is 0. The summed E-state index contributed by atoms with van der Waals surface area (Å²) in [6, 6.07) is 7.36. The fourth-order valence-electron chi connectivity index (χ4n) is 0.827. The van der Waals surface area contributed by atoms with Crippen LogP contribution in [0, 0.1) is 26.8 Å². The fraction of sp³-hybridized carbons (Fsp3) is 0.455. The summed E-state index contributed by atoms with van der Waals surface area (Å²) in [6.07, 6.45) is 0. The van der Waals surface area contributed by atoms with E-state index >= 15 is 0 Å². The third kappa shape index (κ3) is 5.63. The van der Waals surface area contributed by atoms with Gasteiger partial charge < -0.3 is 0 Å². The molecule has 1 aromatic carbocycles. The van der Waals surface area contributed by atoms with Crippen molar-refractivity contribution in [3.05, 3.63) is 34.9 Å². The van der Waals surface area contributed by atoms with Gasteiger partial charge in [-0.05, 0) is 0 Å². The molecule has 0 aliphatic rings. The van der Waals surface area contributed by atoms with Crippen LogP contribution in [0.4, 0.5) is 0 Å². The molecule has 0 bridgehead atoms. The van der Waals surface area contributed by atoms with Crippen molar-refractivity contribution in [2.75, 3.05) is 0 Å². The number of rotatable bonds is 0. The van der Waals surface area contributed by atoms with E-state index in [2.05, 4.69) is 32.9 Å². The molecule has 0 radical (unpaired) electrons. The maximum atomic E-state index is 3.17. The molecule has 0 spiro atoms. The predicted octanol–water partition coefficient (Wildman–Crippen LogP) is 0.442. The molecule has 0 N–H and O–H groups in total. The van der Waals surface area contributed by atoms with Crippen molar-refractivity contribution in [1.29, 1.82) is 0 Å². The normalized spacial score (nSPS) is 7.75. The Hall–Kier alpha value is 1.03. The first-order valence-electron chi connectivity index (χ1n) is 4.15. The molecule has 62 valence electrons. The molecule has 0 nitrogen and oxygen atoms in total. The average Bonchev–Trinajstić information content (AvgIpc) is 2.02. The molecule has 1 aromatic rings. The molecule has 12 heavy (non-hydrogen) atoms. The maximum Gasteiger partial charge on any atom is 1.00 e. The van der Waals surface area contributed by atoms with Gasteiger partial charge in [0.2, 0.25) is 0 Å². The van der Waals surface area contributed by atoms with Gasteiger partial charge in [-0.3, -0.25) is 0 Å². The van der Waals surface area contributed by atoms with Crippen LogP contribution in [-0.2, 0) is 0 Å². The van der Waals surface area contributed by atoms with E-state index in [4.69, 9.17) is 0 Å². The third-order valence-electron chi connectivity index (χ3n) is 1.55. The second-order valence-electron chi connectivity index (χ2n) is 2.49. The topological polar surface area (TPSA) is 0 Å². The van der Waals surface area contributed by atoms with Crippen LogP contribution in [0.15, 0.2) is 12.1 Å². The molecule has 0 aromatic heterocycles. The Kier molecular flexibility index (Phi) is 11.1. The Morgan fingerprint density at radius 3 is 1.92 bits per heavy atom. The molecule has 0 unspecified atom stereocenters. The molecular formula is C11H17Rb. The molecule has 0 heterocycles. The van der Waals surface area contributed by atoms with E-state index in [0.29, 0.717) is 0 Å². The van der Waals surface area contributed by atoms with Gasteiger partial charge in [0.15, 0.2) is 0 Å². The third-order valence-corrected chi connectivity index (χ3v) is 1.55. The van der Waals surface area contributed by atoms with Gasteiger partial charge in [-0.1, -0.05) is 34.6 Å². The van der Waals surface area contributed by atoms with Crippen LogP contribution in [0.5, 0.6) is 0 Å². The molecule has 1 rings (SSSR count). The number of aryl methyl sites for hydroxylation is 3. The smallest absolute Gasteiger partial charge is 0.180 e. The predicted molar refractivity (Wildman–Crippen MR) is 50.8 cm³/mol. The molecule has 1 heteroatoms. The fourth-order valence-corrected chi connectivity index (χ4v) is 0.827. The van der Waals surface area contributed by atoms with E-state index in [0.717, 1.165) is 0 Å². The van der Waals surface area contributed by atoms with Crippen LogP contribution in [-0.4, -0.2) is 0 Å². The number of hydrogen-bond acceptors (Lipinski definition) is 0. The molecule has 0 aliphatic carbocycles. The van der Waals surface area contributed by atoms with Crippen LogP contribution in [0.3, 0.4) is 0 Å². The van der Waals surface area contributed by atoms with E-state index in [1.54, 1.807) is 0 Å². The Balaban J connectivity index is 0. The Morgan fingerprint density at radius 2 is 1.58 bits per heavy atom. The van der Waals surface area contributed by atoms with E-state index in [-0.39, 0.29) is 58.2 Å². The minimum atomic E-state index is 0. The van der Waals surface area contributed by atoms with Crippen molar-refractivity contribution in [2.24, 2.45) is 0 Å². The molecule has 0 fully saturated rings. The van der Waals surface area contributed by atoms with E-state index < -0.39 is 0 Å². The second-order valence-corrected chi connectivity index (χ2v) is 2.49. The van der Waals surface area contributed by atoms with Gasteiger partial charge in [0, 0.05) is 0 Å². The Bertz CT molecular complexity index is 216. The second kappa shape index (κ2) is 8.62. The molecule has 0 saturated carbocycles. The average molecular weight is 235 g/mol. The van der Waals surface area contributed by atoms with Gasteiger partial charge >= 0.3 is 58.2 Å². The van der Waals surface area contributed by atoms with Crippen LogP contribution in [0.25, 0.3) is 0 Å².